The molecule has 2 aromatic carbocycles. The van der Waals surface area contributed by atoms with Crippen LogP contribution in [0.25, 0.3) is 16.7 Å². The molecule has 7 nitrogen and oxygen atoms in total. The molecular weight excluding hydrogens is 398 g/mol. The summed E-state index contributed by atoms with van der Waals surface area (Å²) in [6.07, 6.45) is 1.46. The number of aromatic nitrogens is 4. The third-order valence-electron chi connectivity index (χ3n) is 4.66. The Labute approximate surface area is 177 Å². The van der Waals surface area contributed by atoms with Crippen molar-refractivity contribution in [2.45, 2.75) is 24.9 Å². The second-order valence-electron chi connectivity index (χ2n) is 7.12. The van der Waals surface area contributed by atoms with Crippen molar-refractivity contribution in [3.8, 4) is 5.69 Å². The minimum Gasteiger partial charge on any atom is -0.325 e. The molecule has 0 saturated carbocycles. The van der Waals surface area contributed by atoms with E-state index in [2.05, 4.69) is 34.3 Å². The van der Waals surface area contributed by atoms with E-state index in [0.29, 0.717) is 27.8 Å². The smallest absolute Gasteiger partial charge is 0.269 e. The van der Waals surface area contributed by atoms with Gasteiger partial charge in [-0.15, -0.1) is 0 Å². The van der Waals surface area contributed by atoms with Gasteiger partial charge in [0.1, 0.15) is 5.39 Å². The summed E-state index contributed by atoms with van der Waals surface area (Å²) in [5.41, 5.74) is 2.81. The molecule has 0 saturated heterocycles. The summed E-state index contributed by atoms with van der Waals surface area (Å²) >= 11 is 1.20. The van der Waals surface area contributed by atoms with Gasteiger partial charge in [-0.1, -0.05) is 55.9 Å². The van der Waals surface area contributed by atoms with E-state index < -0.39 is 0 Å². The van der Waals surface area contributed by atoms with Crippen LogP contribution in [-0.2, 0) is 4.79 Å². The molecule has 2 heterocycles. The van der Waals surface area contributed by atoms with E-state index in [1.165, 1.54) is 28.1 Å². The molecule has 152 valence electrons. The van der Waals surface area contributed by atoms with Crippen LogP contribution in [0.5, 0.6) is 0 Å². The fraction of sp³-hybridized carbons (Fsp3) is 0.182. The molecule has 2 aromatic heterocycles. The van der Waals surface area contributed by atoms with E-state index in [0.717, 1.165) is 5.69 Å². The van der Waals surface area contributed by atoms with Gasteiger partial charge in [0.05, 0.1) is 17.6 Å². The summed E-state index contributed by atoms with van der Waals surface area (Å²) in [5, 5.41) is 10.4. The van der Waals surface area contributed by atoms with Crippen LogP contribution in [0.1, 0.15) is 25.3 Å². The van der Waals surface area contributed by atoms with Gasteiger partial charge >= 0.3 is 0 Å². The largest absolute Gasteiger partial charge is 0.325 e. The quantitative estimate of drug-likeness (QED) is 0.364. The highest BCUT2D eigenvalue weighted by atomic mass is 32.2. The third-order valence-corrected chi connectivity index (χ3v) is 5.60. The first kappa shape index (κ1) is 19.9. The lowest BCUT2D eigenvalue weighted by Gasteiger charge is -2.12. The maximum absolute atomic E-state index is 13.0. The van der Waals surface area contributed by atoms with E-state index in [4.69, 9.17) is 0 Å². The minimum atomic E-state index is -0.230. The topological polar surface area (TPSA) is 92.7 Å². The molecule has 4 aromatic rings. The minimum absolute atomic E-state index is 0.116. The number of nitrogens with zero attached hydrogens (tertiary/aromatic N) is 3. The van der Waals surface area contributed by atoms with Crippen molar-refractivity contribution in [3.05, 3.63) is 76.7 Å². The van der Waals surface area contributed by atoms with Gasteiger partial charge in [-0.25, -0.2) is 4.98 Å². The monoisotopic (exact) mass is 419 g/mol. The van der Waals surface area contributed by atoms with Crippen molar-refractivity contribution in [1.29, 1.82) is 0 Å². The summed E-state index contributed by atoms with van der Waals surface area (Å²) < 4.78 is 1.51. The number of hydrogen-bond acceptors (Lipinski definition) is 5. The molecule has 8 heteroatoms. The van der Waals surface area contributed by atoms with Crippen molar-refractivity contribution in [3.63, 3.8) is 0 Å². The molecule has 1 amide bonds. The maximum atomic E-state index is 13.0. The number of hydrogen-bond donors (Lipinski definition) is 2. The zero-order chi connectivity index (χ0) is 21.1. The van der Waals surface area contributed by atoms with Crippen molar-refractivity contribution in [2.24, 2.45) is 0 Å². The molecule has 0 aliphatic rings. The Morgan fingerprint density at radius 1 is 1.13 bits per heavy atom. The summed E-state index contributed by atoms with van der Waals surface area (Å²) in [6, 6.07) is 17.0. The van der Waals surface area contributed by atoms with Crippen LogP contribution in [0.4, 0.5) is 5.69 Å². The fourth-order valence-corrected chi connectivity index (χ4v) is 3.86. The number of fused-ring (bicyclic) bond motifs is 1. The maximum Gasteiger partial charge on any atom is 0.269 e. The van der Waals surface area contributed by atoms with Crippen LogP contribution in [0, 0.1) is 0 Å². The number of para-hydroxylation sites is 1. The zero-order valence-electron chi connectivity index (χ0n) is 16.6. The van der Waals surface area contributed by atoms with Gasteiger partial charge in [-0.05, 0) is 35.7 Å². The predicted molar refractivity (Wildman–Crippen MR) is 119 cm³/mol. The molecule has 0 spiro atoms. The van der Waals surface area contributed by atoms with Gasteiger partial charge in [0.15, 0.2) is 10.8 Å². The van der Waals surface area contributed by atoms with Crippen molar-refractivity contribution in [1.82, 2.24) is 19.7 Å². The summed E-state index contributed by atoms with van der Waals surface area (Å²) in [6.45, 7) is 4.25. The first-order chi connectivity index (χ1) is 14.5. The Bertz CT molecular complexity index is 1230. The lowest BCUT2D eigenvalue weighted by molar-refractivity contribution is -0.113. The predicted octanol–water partition coefficient (Wildman–Crippen LogP) is 3.96. The van der Waals surface area contributed by atoms with E-state index in [1.807, 2.05) is 54.6 Å². The number of anilines is 1. The van der Waals surface area contributed by atoms with Gasteiger partial charge in [0, 0.05) is 5.69 Å². The first-order valence-corrected chi connectivity index (χ1v) is 10.6. The highest BCUT2D eigenvalue weighted by Gasteiger charge is 2.16. The highest BCUT2D eigenvalue weighted by molar-refractivity contribution is 7.99. The van der Waals surface area contributed by atoms with Crippen LogP contribution < -0.4 is 10.9 Å². The first-order valence-electron chi connectivity index (χ1n) is 9.57. The van der Waals surface area contributed by atoms with Crippen LogP contribution in [0.2, 0.25) is 0 Å². The van der Waals surface area contributed by atoms with Gasteiger partial charge in [0.25, 0.3) is 5.56 Å². The molecule has 0 bridgehead atoms. The van der Waals surface area contributed by atoms with Crippen LogP contribution in [-0.4, -0.2) is 31.4 Å². The Balaban J connectivity index is 1.56. The standard InChI is InChI=1S/C22H21N5O2S/c1-14(2)15-8-10-16(11-9-15)24-19(28)13-30-22-25-20-18(12-23-26-20)21(29)27(22)17-6-4-3-5-7-17/h3-12,14H,13H2,1-2H3,(H,23,26)(H,24,28). The Kier molecular flexibility index (Phi) is 5.67. The number of thioether (sulfide) groups is 1. The average Bonchev–Trinajstić information content (AvgIpc) is 3.22. The molecule has 0 radical (unpaired) electrons. The number of rotatable bonds is 6. The molecular formula is C22H21N5O2S. The number of carbonyl (C=O) groups excluding carboxylic acids is 1. The molecule has 0 atom stereocenters. The number of benzene rings is 2. The second kappa shape index (κ2) is 8.54. The van der Waals surface area contributed by atoms with Gasteiger partial charge < -0.3 is 5.32 Å². The van der Waals surface area contributed by atoms with Crippen LogP contribution in [0.3, 0.4) is 0 Å². The summed E-state index contributed by atoms with van der Waals surface area (Å²) in [4.78, 5) is 30.0. The molecule has 0 aliphatic carbocycles. The Morgan fingerprint density at radius 3 is 2.57 bits per heavy atom. The fourth-order valence-electron chi connectivity index (χ4n) is 3.05. The molecule has 2 N–H and O–H groups in total. The number of aromatic amines is 1. The number of H-pyrrole nitrogens is 1. The normalized spacial score (nSPS) is 11.2. The Hall–Kier alpha value is -3.39. The van der Waals surface area contributed by atoms with Crippen LogP contribution >= 0.6 is 11.8 Å². The average molecular weight is 420 g/mol. The summed E-state index contributed by atoms with van der Waals surface area (Å²) in [7, 11) is 0. The number of nitrogens with one attached hydrogen (secondary N) is 2. The molecule has 0 fully saturated rings. The van der Waals surface area contributed by atoms with E-state index in [1.54, 1.807) is 0 Å². The lowest BCUT2D eigenvalue weighted by atomic mass is 10.0. The van der Waals surface area contributed by atoms with Crippen molar-refractivity contribution in [2.75, 3.05) is 11.1 Å². The zero-order valence-corrected chi connectivity index (χ0v) is 17.4. The van der Waals surface area contributed by atoms with Crippen molar-refractivity contribution < 1.29 is 4.79 Å². The Morgan fingerprint density at radius 2 is 1.87 bits per heavy atom. The SMILES string of the molecule is CC(C)c1ccc(NC(=O)CSc2nc3[nH]ncc3c(=O)n2-c2ccccc2)cc1. The molecule has 4 rings (SSSR count). The lowest BCUT2D eigenvalue weighted by Crippen LogP contribution is -2.22. The molecule has 30 heavy (non-hydrogen) atoms. The van der Waals surface area contributed by atoms with E-state index >= 15 is 0 Å². The van der Waals surface area contributed by atoms with Crippen molar-refractivity contribution >= 4 is 34.4 Å². The molecule has 0 aliphatic heterocycles. The summed E-state index contributed by atoms with van der Waals surface area (Å²) in [5.74, 6) is 0.379. The van der Waals surface area contributed by atoms with Gasteiger partial charge in [0.2, 0.25) is 5.91 Å². The number of carbonyl (C=O) groups is 1. The third kappa shape index (κ3) is 4.13. The van der Waals surface area contributed by atoms with Gasteiger partial charge in [-0.2, -0.15) is 5.10 Å². The van der Waals surface area contributed by atoms with E-state index in [9.17, 15) is 9.59 Å². The van der Waals surface area contributed by atoms with E-state index in [-0.39, 0.29) is 17.2 Å². The second-order valence-corrected chi connectivity index (χ2v) is 8.06. The number of amides is 1. The van der Waals surface area contributed by atoms with Gasteiger partial charge in [-0.3, -0.25) is 19.3 Å². The molecule has 0 unspecified atom stereocenters. The highest BCUT2D eigenvalue weighted by Crippen LogP contribution is 2.21. The van der Waals surface area contributed by atoms with Crippen LogP contribution in [0.15, 0.2) is 70.7 Å².